The van der Waals surface area contributed by atoms with Crippen molar-refractivity contribution in [2.45, 2.75) is 30.9 Å². The Morgan fingerprint density at radius 1 is 1.67 bits per heavy atom. The second-order valence-corrected chi connectivity index (χ2v) is 6.34. The predicted octanol–water partition coefficient (Wildman–Crippen LogP) is 2.30. The van der Waals surface area contributed by atoms with Gasteiger partial charge in [-0.3, -0.25) is 0 Å². The topological polar surface area (TPSA) is 34.1 Å². The van der Waals surface area contributed by atoms with Gasteiger partial charge in [0.25, 0.3) is 0 Å². The van der Waals surface area contributed by atoms with Crippen molar-refractivity contribution in [2.24, 2.45) is 5.92 Å². The van der Waals surface area contributed by atoms with Crippen LogP contribution in [0.1, 0.15) is 26.2 Å². The zero-order chi connectivity index (χ0) is 9.41. The highest BCUT2D eigenvalue weighted by Gasteiger charge is 2.56. The molecule has 1 aliphatic rings. The number of allylic oxidation sites excluding steroid dienone is 1. The fourth-order valence-electron chi connectivity index (χ4n) is 1.56. The second kappa shape index (κ2) is 3.04. The molecule has 1 rings (SSSR count). The lowest BCUT2D eigenvalue weighted by Gasteiger charge is -2.18. The normalized spacial score (nSPS) is 23.2. The van der Waals surface area contributed by atoms with E-state index in [9.17, 15) is 8.42 Å². The van der Waals surface area contributed by atoms with E-state index in [1.54, 1.807) is 6.08 Å². The van der Waals surface area contributed by atoms with Gasteiger partial charge in [0, 0.05) is 10.7 Å². The lowest BCUT2D eigenvalue weighted by Crippen LogP contribution is -2.26. The lowest BCUT2D eigenvalue weighted by molar-refractivity contribution is 0.507. The largest absolute Gasteiger partial charge is 0.238 e. The Hall–Kier alpha value is -0.0200. The molecule has 1 fully saturated rings. The maximum absolute atomic E-state index is 11.2. The van der Waals surface area contributed by atoms with E-state index < -0.39 is 13.8 Å². The third kappa shape index (κ3) is 1.52. The lowest BCUT2D eigenvalue weighted by atomic mass is 10.0. The minimum atomic E-state index is -3.39. The Morgan fingerprint density at radius 2 is 2.17 bits per heavy atom. The summed E-state index contributed by atoms with van der Waals surface area (Å²) < 4.78 is 21.7. The summed E-state index contributed by atoms with van der Waals surface area (Å²) >= 11 is 0. The molecule has 1 atom stereocenters. The van der Waals surface area contributed by atoms with Crippen LogP contribution < -0.4 is 0 Å². The quantitative estimate of drug-likeness (QED) is 0.525. The van der Waals surface area contributed by atoms with Gasteiger partial charge in [0.2, 0.25) is 9.05 Å². The highest BCUT2D eigenvalue weighted by molar-refractivity contribution is 8.15. The maximum Gasteiger partial charge on any atom is 0.238 e. The van der Waals surface area contributed by atoms with Crippen LogP contribution in [0.3, 0.4) is 0 Å². The van der Waals surface area contributed by atoms with Crippen molar-refractivity contribution >= 4 is 19.7 Å². The molecule has 1 unspecified atom stereocenters. The van der Waals surface area contributed by atoms with Gasteiger partial charge < -0.3 is 0 Å². The van der Waals surface area contributed by atoms with Crippen LogP contribution in [-0.4, -0.2) is 13.2 Å². The Kier molecular flexibility index (Phi) is 2.55. The molecule has 70 valence electrons. The summed E-state index contributed by atoms with van der Waals surface area (Å²) in [7, 11) is 1.97. The molecule has 2 nitrogen and oxygen atoms in total. The molecule has 0 amide bonds. The first-order chi connectivity index (χ1) is 5.44. The maximum atomic E-state index is 11.2. The molecule has 0 aromatic rings. The Labute approximate surface area is 78.0 Å². The van der Waals surface area contributed by atoms with Crippen LogP contribution >= 0.6 is 10.7 Å². The summed E-state index contributed by atoms with van der Waals surface area (Å²) in [5, 5.41) is 0. The molecule has 0 bridgehead atoms. The average Bonchev–Trinajstić information content (AvgIpc) is 2.63. The zero-order valence-corrected chi connectivity index (χ0v) is 8.66. The Morgan fingerprint density at radius 3 is 2.42 bits per heavy atom. The first kappa shape index (κ1) is 10.1. The third-order valence-electron chi connectivity index (χ3n) is 2.65. The van der Waals surface area contributed by atoms with Gasteiger partial charge in [-0.15, -0.1) is 6.58 Å². The van der Waals surface area contributed by atoms with Gasteiger partial charge in [0.1, 0.15) is 0 Å². The predicted molar refractivity (Wildman–Crippen MR) is 50.7 cm³/mol. The average molecular weight is 209 g/mol. The monoisotopic (exact) mass is 208 g/mol. The molecule has 0 aromatic carbocycles. The van der Waals surface area contributed by atoms with E-state index in [0.717, 1.165) is 0 Å². The summed E-state index contributed by atoms with van der Waals surface area (Å²) in [6.45, 7) is 5.50. The van der Waals surface area contributed by atoms with E-state index in [-0.39, 0.29) is 5.92 Å². The van der Waals surface area contributed by atoms with Crippen molar-refractivity contribution in [2.75, 3.05) is 0 Å². The van der Waals surface area contributed by atoms with Gasteiger partial charge in [0.15, 0.2) is 0 Å². The summed E-state index contributed by atoms with van der Waals surface area (Å²) in [4.78, 5) is 0. The minimum Gasteiger partial charge on any atom is -0.212 e. The molecule has 0 heterocycles. The molecular weight excluding hydrogens is 196 g/mol. The number of rotatable bonds is 4. The first-order valence-electron chi connectivity index (χ1n) is 3.99. The van der Waals surface area contributed by atoms with Crippen LogP contribution in [0.2, 0.25) is 0 Å². The van der Waals surface area contributed by atoms with E-state index in [2.05, 4.69) is 6.58 Å². The van der Waals surface area contributed by atoms with Gasteiger partial charge >= 0.3 is 0 Å². The summed E-state index contributed by atoms with van der Waals surface area (Å²) in [6.07, 6.45) is 3.86. The number of halogens is 1. The van der Waals surface area contributed by atoms with Gasteiger partial charge in [-0.25, -0.2) is 8.42 Å². The molecular formula is C8H13ClO2S. The van der Waals surface area contributed by atoms with Crippen molar-refractivity contribution in [3.63, 3.8) is 0 Å². The smallest absolute Gasteiger partial charge is 0.212 e. The molecule has 0 radical (unpaired) electrons. The summed E-state index contributed by atoms with van der Waals surface area (Å²) in [5.41, 5.74) is 0. The second-order valence-electron chi connectivity index (χ2n) is 3.43. The van der Waals surface area contributed by atoms with E-state index in [1.165, 1.54) is 0 Å². The standard InChI is InChI=1S/C8H13ClO2S/c1-3-4-7(2)8(5-6-8)12(9,10)11/h3,7H,1,4-6H2,2H3. The molecule has 1 saturated carbocycles. The van der Waals surface area contributed by atoms with Crippen LogP contribution in [-0.2, 0) is 9.05 Å². The fraction of sp³-hybridized carbons (Fsp3) is 0.750. The number of hydrogen-bond donors (Lipinski definition) is 0. The number of hydrogen-bond acceptors (Lipinski definition) is 2. The van der Waals surface area contributed by atoms with E-state index in [0.29, 0.717) is 19.3 Å². The highest BCUT2D eigenvalue weighted by atomic mass is 35.7. The molecule has 12 heavy (non-hydrogen) atoms. The van der Waals surface area contributed by atoms with Crippen LogP contribution in [0, 0.1) is 5.92 Å². The highest BCUT2D eigenvalue weighted by Crippen LogP contribution is 2.52. The van der Waals surface area contributed by atoms with E-state index >= 15 is 0 Å². The van der Waals surface area contributed by atoms with Crippen molar-refractivity contribution < 1.29 is 8.42 Å². The van der Waals surface area contributed by atoms with Gasteiger partial charge in [0.05, 0.1) is 4.75 Å². The summed E-state index contributed by atoms with van der Waals surface area (Å²) in [6, 6.07) is 0. The molecule has 1 aliphatic carbocycles. The van der Waals surface area contributed by atoms with Gasteiger partial charge in [-0.1, -0.05) is 13.0 Å². The van der Waals surface area contributed by atoms with Crippen LogP contribution in [0.4, 0.5) is 0 Å². The van der Waals surface area contributed by atoms with Crippen molar-refractivity contribution in [1.82, 2.24) is 0 Å². The Balaban J connectivity index is 2.80. The van der Waals surface area contributed by atoms with Gasteiger partial charge in [-0.05, 0) is 25.2 Å². The fourth-order valence-corrected chi connectivity index (χ4v) is 3.65. The van der Waals surface area contributed by atoms with E-state index in [1.807, 2.05) is 6.92 Å². The molecule has 0 N–H and O–H groups in total. The first-order valence-corrected chi connectivity index (χ1v) is 6.30. The molecule has 4 heteroatoms. The molecule has 0 aliphatic heterocycles. The van der Waals surface area contributed by atoms with Crippen molar-refractivity contribution in [1.29, 1.82) is 0 Å². The zero-order valence-electron chi connectivity index (χ0n) is 7.09. The minimum absolute atomic E-state index is 0.0949. The van der Waals surface area contributed by atoms with Crippen LogP contribution in [0.5, 0.6) is 0 Å². The SMILES string of the molecule is C=CCC(C)C1(S(=O)(=O)Cl)CC1. The third-order valence-corrected chi connectivity index (χ3v) is 5.35. The van der Waals surface area contributed by atoms with Gasteiger partial charge in [-0.2, -0.15) is 0 Å². The van der Waals surface area contributed by atoms with Crippen LogP contribution in [0.15, 0.2) is 12.7 Å². The molecule has 0 spiro atoms. The Bertz CT molecular complexity index is 277. The van der Waals surface area contributed by atoms with E-state index in [4.69, 9.17) is 10.7 Å². The van der Waals surface area contributed by atoms with Crippen molar-refractivity contribution in [3.05, 3.63) is 12.7 Å². The summed E-state index contributed by atoms with van der Waals surface area (Å²) in [5.74, 6) is 0.0949. The molecule has 0 saturated heterocycles. The van der Waals surface area contributed by atoms with Crippen LogP contribution in [0.25, 0.3) is 0 Å². The molecule has 0 aromatic heterocycles. The van der Waals surface area contributed by atoms with Crippen molar-refractivity contribution in [3.8, 4) is 0 Å².